The van der Waals surface area contributed by atoms with Crippen LogP contribution in [0, 0.1) is 0 Å². The molecule has 70 valence electrons. The van der Waals surface area contributed by atoms with Crippen LogP contribution in [0.1, 0.15) is 19.8 Å². The first kappa shape index (κ1) is 8.85. The Hall–Kier alpha value is -1.73. The maximum Gasteiger partial charge on any atom is 0.134 e. The summed E-state index contributed by atoms with van der Waals surface area (Å²) in [7, 11) is 0. The van der Waals surface area contributed by atoms with Gasteiger partial charge in [-0.3, -0.25) is 0 Å². The van der Waals surface area contributed by atoms with Crippen molar-refractivity contribution in [1.29, 1.82) is 0 Å². The smallest absolute Gasteiger partial charge is 0.134 e. The summed E-state index contributed by atoms with van der Waals surface area (Å²) < 4.78 is 0. The molecule has 0 N–H and O–H groups in total. The fraction of sp³-hybridized carbons (Fsp3) is 0.273. The van der Waals surface area contributed by atoms with Crippen molar-refractivity contribution >= 4 is 17.5 Å². The molecule has 0 aromatic heterocycles. The van der Waals surface area contributed by atoms with E-state index in [9.17, 15) is 4.79 Å². The number of benzene rings is 1. The molecule has 0 spiro atoms. The first-order valence-electron chi connectivity index (χ1n) is 4.65. The Kier molecular flexibility index (Phi) is 2.25. The molecule has 1 aromatic rings. The summed E-state index contributed by atoms with van der Waals surface area (Å²) in [4.78, 5) is 19.2. The standard InChI is InChI=1S/C11H10N2O/c1-2-4-10-12-9-6-3-5-8(7-14)11(9)13-10/h3,5-6H,2,4H2,1H3. The zero-order valence-corrected chi connectivity index (χ0v) is 7.95. The second-order valence-corrected chi connectivity index (χ2v) is 3.17. The number of carbonyl (C=O) groups excluding carboxylic acids is 1. The van der Waals surface area contributed by atoms with E-state index < -0.39 is 0 Å². The number of amidine groups is 1. The van der Waals surface area contributed by atoms with E-state index in [4.69, 9.17) is 0 Å². The number of fused-ring (bicyclic) bond motifs is 1. The first-order chi connectivity index (χ1) is 6.85. The zero-order valence-electron chi connectivity index (χ0n) is 7.95. The molecule has 1 aliphatic heterocycles. The quantitative estimate of drug-likeness (QED) is 0.668. The van der Waals surface area contributed by atoms with Crippen LogP contribution in [0.25, 0.3) is 0 Å². The molecular formula is C11H10N2O. The Morgan fingerprint density at radius 2 is 2.21 bits per heavy atom. The minimum atomic E-state index is 0.498. The highest BCUT2D eigenvalue weighted by Crippen LogP contribution is 2.10. The molecule has 0 unspecified atom stereocenters. The lowest BCUT2D eigenvalue weighted by molar-refractivity contribution is 0.567. The summed E-state index contributed by atoms with van der Waals surface area (Å²) in [5.41, 5.74) is 0.786. The van der Waals surface area contributed by atoms with Gasteiger partial charge in [-0.15, -0.1) is 0 Å². The van der Waals surface area contributed by atoms with Gasteiger partial charge in [0, 0.05) is 6.42 Å². The molecule has 0 saturated carbocycles. The summed E-state index contributed by atoms with van der Waals surface area (Å²) in [6.45, 7) is 2.08. The Morgan fingerprint density at radius 1 is 1.36 bits per heavy atom. The maximum atomic E-state index is 10.6. The van der Waals surface area contributed by atoms with E-state index in [0.29, 0.717) is 10.6 Å². The molecule has 0 bridgehead atoms. The predicted molar refractivity (Wildman–Crippen MR) is 54.0 cm³/mol. The summed E-state index contributed by atoms with van der Waals surface area (Å²) in [5.74, 6) is 2.68. The van der Waals surface area contributed by atoms with Gasteiger partial charge in [0.15, 0.2) is 0 Å². The number of rotatable bonds is 2. The maximum absolute atomic E-state index is 10.6. The van der Waals surface area contributed by atoms with Crippen molar-refractivity contribution in [2.24, 2.45) is 9.98 Å². The fourth-order valence-corrected chi connectivity index (χ4v) is 1.45. The number of nitrogens with zero attached hydrogens (tertiary/aromatic N) is 2. The number of aliphatic imine (C=N–C) groups is 1. The second-order valence-electron chi connectivity index (χ2n) is 3.17. The summed E-state index contributed by atoms with van der Waals surface area (Å²) in [6.07, 6.45) is 1.86. The Balaban J connectivity index is 2.61. The van der Waals surface area contributed by atoms with Crippen molar-refractivity contribution in [2.75, 3.05) is 0 Å². The summed E-state index contributed by atoms with van der Waals surface area (Å²) in [6, 6.07) is 5.37. The van der Waals surface area contributed by atoms with E-state index in [1.807, 2.05) is 12.0 Å². The molecule has 3 heteroatoms. The van der Waals surface area contributed by atoms with E-state index in [2.05, 4.69) is 16.9 Å². The molecule has 1 aromatic carbocycles. The van der Waals surface area contributed by atoms with Gasteiger partial charge in [-0.25, -0.2) is 14.8 Å². The van der Waals surface area contributed by atoms with Crippen molar-refractivity contribution < 1.29 is 4.79 Å². The van der Waals surface area contributed by atoms with Crippen LogP contribution in [-0.4, -0.2) is 11.8 Å². The average molecular weight is 186 g/mol. The lowest BCUT2D eigenvalue weighted by atomic mass is 10.2. The van der Waals surface area contributed by atoms with Crippen molar-refractivity contribution in [3.8, 4) is 0 Å². The van der Waals surface area contributed by atoms with Gasteiger partial charge in [0.1, 0.15) is 17.1 Å². The van der Waals surface area contributed by atoms with Crippen LogP contribution >= 0.6 is 0 Å². The van der Waals surface area contributed by atoms with Crippen LogP contribution in [0.3, 0.4) is 0 Å². The largest absolute Gasteiger partial charge is 0.233 e. The molecular weight excluding hydrogens is 176 g/mol. The van der Waals surface area contributed by atoms with Gasteiger partial charge in [-0.1, -0.05) is 13.0 Å². The molecule has 3 nitrogen and oxygen atoms in total. The molecule has 2 rings (SSSR count). The van der Waals surface area contributed by atoms with Crippen molar-refractivity contribution in [1.82, 2.24) is 0 Å². The third-order valence-corrected chi connectivity index (χ3v) is 2.09. The van der Waals surface area contributed by atoms with Gasteiger partial charge in [0.05, 0.1) is 10.9 Å². The average Bonchev–Trinajstić information content (AvgIpc) is 2.60. The van der Waals surface area contributed by atoms with Gasteiger partial charge in [0.25, 0.3) is 0 Å². The molecule has 0 saturated heterocycles. The topological polar surface area (TPSA) is 41.8 Å². The van der Waals surface area contributed by atoms with Crippen LogP contribution < -0.4 is 10.6 Å². The molecule has 0 atom stereocenters. The van der Waals surface area contributed by atoms with Crippen molar-refractivity contribution in [3.05, 3.63) is 28.8 Å². The minimum absolute atomic E-state index is 0.498. The van der Waals surface area contributed by atoms with Gasteiger partial charge in [-0.2, -0.15) is 0 Å². The van der Waals surface area contributed by atoms with Gasteiger partial charge < -0.3 is 0 Å². The molecule has 1 heterocycles. The monoisotopic (exact) mass is 186 g/mol. The minimum Gasteiger partial charge on any atom is -0.233 e. The van der Waals surface area contributed by atoms with Gasteiger partial charge in [0.2, 0.25) is 0 Å². The lowest BCUT2D eigenvalue weighted by Crippen LogP contribution is -2.24. The Morgan fingerprint density at radius 3 is 2.93 bits per heavy atom. The normalized spacial score (nSPS) is 12.8. The third kappa shape index (κ3) is 1.38. The molecule has 0 amide bonds. The lowest BCUT2D eigenvalue weighted by Gasteiger charge is -1.88. The number of hydrogen-bond donors (Lipinski definition) is 0. The molecule has 0 aliphatic carbocycles. The Labute approximate surface area is 81.5 Å². The fourth-order valence-electron chi connectivity index (χ4n) is 1.45. The molecule has 14 heavy (non-hydrogen) atoms. The van der Waals surface area contributed by atoms with Crippen LogP contribution in [0.4, 0.5) is 5.69 Å². The van der Waals surface area contributed by atoms with E-state index in [1.165, 1.54) is 0 Å². The SMILES string of the molecule is CCCC1=Nc2cccc(=C=O)c2=N1. The van der Waals surface area contributed by atoms with Gasteiger partial charge in [-0.05, 0) is 18.6 Å². The van der Waals surface area contributed by atoms with Crippen LogP contribution in [0.2, 0.25) is 0 Å². The van der Waals surface area contributed by atoms with E-state index in [-0.39, 0.29) is 0 Å². The number of para-hydroxylation sites is 1. The Bertz CT molecular complexity index is 525. The van der Waals surface area contributed by atoms with E-state index in [0.717, 1.165) is 24.4 Å². The van der Waals surface area contributed by atoms with Crippen LogP contribution in [-0.2, 0) is 4.79 Å². The third-order valence-electron chi connectivity index (χ3n) is 2.09. The van der Waals surface area contributed by atoms with E-state index >= 15 is 0 Å². The van der Waals surface area contributed by atoms with E-state index in [1.54, 1.807) is 12.1 Å². The predicted octanol–water partition coefficient (Wildman–Crippen LogP) is 0.653. The molecule has 1 aliphatic rings. The van der Waals surface area contributed by atoms with Gasteiger partial charge >= 0.3 is 0 Å². The van der Waals surface area contributed by atoms with Crippen molar-refractivity contribution in [2.45, 2.75) is 19.8 Å². The van der Waals surface area contributed by atoms with Crippen molar-refractivity contribution in [3.63, 3.8) is 0 Å². The highest BCUT2D eigenvalue weighted by molar-refractivity contribution is 5.88. The first-order valence-corrected chi connectivity index (χ1v) is 4.65. The zero-order chi connectivity index (χ0) is 9.97. The molecule has 0 radical (unpaired) electrons. The second kappa shape index (κ2) is 3.56. The van der Waals surface area contributed by atoms with Crippen LogP contribution in [0.15, 0.2) is 28.2 Å². The highest BCUT2D eigenvalue weighted by atomic mass is 16.1. The highest BCUT2D eigenvalue weighted by Gasteiger charge is 2.07. The number of hydrogen-bond acceptors (Lipinski definition) is 3. The summed E-state index contributed by atoms with van der Waals surface area (Å²) >= 11 is 0. The summed E-state index contributed by atoms with van der Waals surface area (Å²) in [5, 5.41) is 1.17. The molecule has 0 fully saturated rings. The van der Waals surface area contributed by atoms with Crippen LogP contribution in [0.5, 0.6) is 0 Å².